The lowest BCUT2D eigenvalue weighted by atomic mass is 10.3. The number of hydrogen-bond acceptors (Lipinski definition) is 1. The Morgan fingerprint density at radius 2 is 2.40 bits per heavy atom. The summed E-state index contributed by atoms with van der Waals surface area (Å²) < 4.78 is 3.02. The van der Waals surface area contributed by atoms with Crippen molar-refractivity contribution in [1.82, 2.24) is 9.78 Å². The minimum atomic E-state index is 0.746. The van der Waals surface area contributed by atoms with Crippen LogP contribution in [0.5, 0.6) is 0 Å². The third kappa shape index (κ3) is 0.985. The molecule has 0 amide bonds. The predicted octanol–water partition coefficient (Wildman–Crippen LogP) is 2.06. The van der Waals surface area contributed by atoms with E-state index in [4.69, 9.17) is 0 Å². The quantitative estimate of drug-likeness (QED) is 0.679. The molecule has 0 aromatic carbocycles. The lowest BCUT2D eigenvalue weighted by Gasteiger charge is -1.87. The summed E-state index contributed by atoms with van der Waals surface area (Å²) in [4.78, 5) is 0. The van der Waals surface area contributed by atoms with Gasteiger partial charge in [0.25, 0.3) is 0 Å². The highest BCUT2D eigenvalue weighted by Gasteiger charge is 2.28. The minimum absolute atomic E-state index is 0.746. The van der Waals surface area contributed by atoms with Gasteiger partial charge in [0, 0.05) is 19.2 Å². The van der Waals surface area contributed by atoms with Crippen molar-refractivity contribution in [2.45, 2.75) is 18.8 Å². The standard InChI is InChI=1S/C7H9BrN2/c1-10-4-6(8)7(9-10)5-2-3-5/h4-5H,2-3H2,1H3. The summed E-state index contributed by atoms with van der Waals surface area (Å²) in [6.45, 7) is 0. The molecule has 2 rings (SSSR count). The average Bonchev–Trinajstić information content (AvgIpc) is 2.61. The summed E-state index contributed by atoms with van der Waals surface area (Å²) in [6.07, 6.45) is 4.64. The van der Waals surface area contributed by atoms with Crippen molar-refractivity contribution in [2.75, 3.05) is 0 Å². The number of nitrogens with zero attached hydrogens (tertiary/aromatic N) is 2. The van der Waals surface area contributed by atoms with Gasteiger partial charge < -0.3 is 0 Å². The van der Waals surface area contributed by atoms with E-state index in [0.717, 1.165) is 10.4 Å². The van der Waals surface area contributed by atoms with Crippen molar-refractivity contribution >= 4 is 15.9 Å². The Morgan fingerprint density at radius 3 is 2.80 bits per heavy atom. The van der Waals surface area contributed by atoms with Crippen LogP contribution in [0.2, 0.25) is 0 Å². The number of hydrogen-bond donors (Lipinski definition) is 0. The van der Waals surface area contributed by atoms with Crippen LogP contribution in [0.4, 0.5) is 0 Å². The lowest BCUT2D eigenvalue weighted by Crippen LogP contribution is -1.88. The van der Waals surface area contributed by atoms with Crippen LogP contribution in [0.3, 0.4) is 0 Å². The zero-order chi connectivity index (χ0) is 7.14. The fourth-order valence-electron chi connectivity index (χ4n) is 1.11. The van der Waals surface area contributed by atoms with E-state index in [1.165, 1.54) is 18.5 Å². The van der Waals surface area contributed by atoms with E-state index in [9.17, 15) is 0 Å². The third-order valence-corrected chi connectivity index (χ3v) is 2.39. The van der Waals surface area contributed by atoms with Crippen LogP contribution in [0.25, 0.3) is 0 Å². The Labute approximate surface area is 68.4 Å². The molecular formula is C7H9BrN2. The van der Waals surface area contributed by atoms with Crippen LogP contribution >= 0.6 is 15.9 Å². The van der Waals surface area contributed by atoms with Gasteiger partial charge in [0.05, 0.1) is 10.2 Å². The molecule has 0 unspecified atom stereocenters. The Kier molecular flexibility index (Phi) is 1.34. The van der Waals surface area contributed by atoms with Gasteiger partial charge in [0.1, 0.15) is 0 Å². The molecule has 1 aliphatic carbocycles. The minimum Gasteiger partial charge on any atom is -0.274 e. The van der Waals surface area contributed by atoms with Crippen LogP contribution in [0, 0.1) is 0 Å². The van der Waals surface area contributed by atoms with Gasteiger partial charge in [0.15, 0.2) is 0 Å². The molecule has 1 aromatic heterocycles. The molecule has 1 fully saturated rings. The van der Waals surface area contributed by atoms with Crippen LogP contribution in [-0.4, -0.2) is 9.78 Å². The number of halogens is 1. The van der Waals surface area contributed by atoms with Crippen molar-refractivity contribution in [1.29, 1.82) is 0 Å². The second kappa shape index (κ2) is 2.09. The lowest BCUT2D eigenvalue weighted by molar-refractivity contribution is 0.744. The zero-order valence-corrected chi connectivity index (χ0v) is 7.43. The highest BCUT2D eigenvalue weighted by molar-refractivity contribution is 9.10. The summed E-state index contributed by atoms with van der Waals surface area (Å²) >= 11 is 3.47. The molecule has 2 nitrogen and oxygen atoms in total. The van der Waals surface area contributed by atoms with Crippen molar-refractivity contribution in [3.8, 4) is 0 Å². The zero-order valence-electron chi connectivity index (χ0n) is 5.84. The Morgan fingerprint density at radius 1 is 1.70 bits per heavy atom. The van der Waals surface area contributed by atoms with E-state index in [0.29, 0.717) is 0 Å². The highest BCUT2D eigenvalue weighted by Crippen LogP contribution is 2.42. The van der Waals surface area contributed by atoms with Crippen molar-refractivity contribution in [2.24, 2.45) is 7.05 Å². The summed E-state index contributed by atoms with van der Waals surface area (Å²) in [5.74, 6) is 0.746. The fraction of sp³-hybridized carbons (Fsp3) is 0.571. The molecule has 1 aliphatic rings. The molecule has 1 saturated carbocycles. The Bertz CT molecular complexity index is 250. The molecule has 0 spiro atoms. The Balaban J connectivity index is 2.38. The molecule has 0 atom stereocenters. The van der Waals surface area contributed by atoms with Crippen molar-refractivity contribution < 1.29 is 0 Å². The maximum absolute atomic E-state index is 4.34. The van der Waals surface area contributed by atoms with Crippen LogP contribution in [0.15, 0.2) is 10.7 Å². The number of aromatic nitrogens is 2. The molecule has 0 radical (unpaired) electrons. The van der Waals surface area contributed by atoms with Crippen molar-refractivity contribution in [3.63, 3.8) is 0 Å². The monoisotopic (exact) mass is 200 g/mol. The molecule has 0 N–H and O–H groups in total. The van der Waals surface area contributed by atoms with E-state index in [1.54, 1.807) is 0 Å². The fourth-order valence-corrected chi connectivity index (χ4v) is 1.81. The maximum atomic E-state index is 4.34. The van der Waals surface area contributed by atoms with E-state index < -0.39 is 0 Å². The van der Waals surface area contributed by atoms with E-state index in [2.05, 4.69) is 21.0 Å². The van der Waals surface area contributed by atoms with Gasteiger partial charge in [-0.2, -0.15) is 5.10 Å². The first-order valence-corrected chi connectivity index (χ1v) is 4.25. The largest absolute Gasteiger partial charge is 0.274 e. The molecule has 1 heterocycles. The summed E-state index contributed by atoms with van der Waals surface area (Å²) in [5, 5.41) is 4.34. The molecule has 3 heteroatoms. The first-order chi connectivity index (χ1) is 4.77. The van der Waals surface area contributed by atoms with Gasteiger partial charge in [-0.15, -0.1) is 0 Å². The third-order valence-electron chi connectivity index (χ3n) is 1.77. The number of rotatable bonds is 1. The van der Waals surface area contributed by atoms with Crippen LogP contribution < -0.4 is 0 Å². The smallest absolute Gasteiger partial charge is 0.0797 e. The molecular weight excluding hydrogens is 192 g/mol. The molecule has 10 heavy (non-hydrogen) atoms. The van der Waals surface area contributed by atoms with Gasteiger partial charge >= 0.3 is 0 Å². The van der Waals surface area contributed by atoms with Gasteiger partial charge in [0.2, 0.25) is 0 Å². The molecule has 0 saturated heterocycles. The second-order valence-electron chi connectivity index (χ2n) is 2.81. The summed E-state index contributed by atoms with van der Waals surface area (Å²) in [6, 6.07) is 0. The summed E-state index contributed by atoms with van der Waals surface area (Å²) in [7, 11) is 1.96. The van der Waals surface area contributed by atoms with E-state index >= 15 is 0 Å². The Hall–Kier alpha value is -0.310. The second-order valence-corrected chi connectivity index (χ2v) is 3.66. The van der Waals surface area contributed by atoms with E-state index in [-0.39, 0.29) is 0 Å². The van der Waals surface area contributed by atoms with Gasteiger partial charge in [-0.25, -0.2) is 0 Å². The normalized spacial score (nSPS) is 17.8. The molecule has 0 bridgehead atoms. The predicted molar refractivity (Wildman–Crippen MR) is 42.9 cm³/mol. The van der Waals surface area contributed by atoms with Gasteiger partial charge in [-0.3, -0.25) is 4.68 Å². The van der Waals surface area contributed by atoms with Crippen LogP contribution in [-0.2, 0) is 7.05 Å². The molecule has 54 valence electrons. The first kappa shape index (κ1) is 6.40. The molecule has 0 aliphatic heterocycles. The van der Waals surface area contributed by atoms with Crippen molar-refractivity contribution in [3.05, 3.63) is 16.4 Å². The van der Waals surface area contributed by atoms with E-state index in [1.807, 2.05) is 17.9 Å². The van der Waals surface area contributed by atoms with Gasteiger partial charge in [-0.1, -0.05) is 0 Å². The number of aryl methyl sites for hydroxylation is 1. The summed E-state index contributed by atoms with van der Waals surface area (Å²) in [5.41, 5.74) is 1.24. The first-order valence-electron chi connectivity index (χ1n) is 3.46. The van der Waals surface area contributed by atoms with Crippen LogP contribution in [0.1, 0.15) is 24.5 Å². The van der Waals surface area contributed by atoms with Gasteiger partial charge in [-0.05, 0) is 28.8 Å². The highest BCUT2D eigenvalue weighted by atomic mass is 79.9. The SMILES string of the molecule is Cn1cc(Br)c(C2CC2)n1. The molecule has 1 aromatic rings. The topological polar surface area (TPSA) is 17.8 Å². The maximum Gasteiger partial charge on any atom is 0.0797 e. The average molecular weight is 201 g/mol.